The molecule has 4 aliphatic carbocycles. The van der Waals surface area contributed by atoms with Gasteiger partial charge in [-0.1, -0.05) is 52.9 Å². The quantitative estimate of drug-likeness (QED) is 0.446. The molecule has 0 saturated heterocycles. The zero-order valence-corrected chi connectivity index (χ0v) is 18.1. The highest BCUT2D eigenvalue weighted by molar-refractivity contribution is 8.00. The maximum Gasteiger partial charge on any atom is 0.226 e. The summed E-state index contributed by atoms with van der Waals surface area (Å²) in [6.45, 7) is 0. The van der Waals surface area contributed by atoms with E-state index in [0.29, 0.717) is 11.6 Å². The maximum atomic E-state index is 12.7. The van der Waals surface area contributed by atoms with Crippen molar-refractivity contribution in [2.24, 2.45) is 23.2 Å². The molecular weight excluding hydrogens is 410 g/mol. The third-order valence-electron chi connectivity index (χ3n) is 6.66. The van der Waals surface area contributed by atoms with Crippen LogP contribution in [0.1, 0.15) is 50.5 Å². The van der Waals surface area contributed by atoms with Crippen molar-refractivity contribution < 1.29 is 4.79 Å². The Bertz CT molecular complexity index is 849. The van der Waals surface area contributed by atoms with Gasteiger partial charge in [-0.05, 0) is 73.3 Å². The monoisotopic (exact) mass is 433 g/mol. The predicted molar refractivity (Wildman–Crippen MR) is 115 cm³/mol. The Morgan fingerprint density at radius 1 is 1.14 bits per heavy atom. The Morgan fingerprint density at radius 3 is 2.50 bits per heavy atom. The molecule has 0 spiro atoms. The lowest BCUT2D eigenvalue weighted by atomic mass is 9.49. The summed E-state index contributed by atoms with van der Waals surface area (Å²) in [4.78, 5) is 12.7. The Morgan fingerprint density at radius 2 is 1.82 bits per heavy atom. The van der Waals surface area contributed by atoms with Gasteiger partial charge in [0.25, 0.3) is 0 Å². The largest absolute Gasteiger partial charge is 0.300 e. The molecule has 4 nitrogen and oxygen atoms in total. The second-order valence-corrected chi connectivity index (χ2v) is 11.5. The molecule has 1 amide bonds. The normalized spacial score (nSPS) is 30.5. The van der Waals surface area contributed by atoms with Crippen LogP contribution in [0.4, 0.5) is 5.13 Å². The van der Waals surface area contributed by atoms with Crippen LogP contribution >= 0.6 is 34.7 Å². The van der Waals surface area contributed by atoms with E-state index in [4.69, 9.17) is 11.6 Å². The first-order valence-electron chi connectivity index (χ1n) is 10.1. The van der Waals surface area contributed by atoms with Crippen LogP contribution in [0.2, 0.25) is 5.02 Å². The van der Waals surface area contributed by atoms with Crippen molar-refractivity contribution in [1.29, 1.82) is 0 Å². The highest BCUT2D eigenvalue weighted by Crippen LogP contribution is 2.61. The number of halogens is 1. The van der Waals surface area contributed by atoms with E-state index < -0.39 is 0 Å². The summed E-state index contributed by atoms with van der Waals surface area (Å²) >= 11 is 9.25. The molecule has 1 aromatic heterocycles. The van der Waals surface area contributed by atoms with E-state index in [0.717, 1.165) is 38.4 Å². The third-order valence-corrected chi connectivity index (χ3v) is 9.05. The molecule has 1 heterocycles. The Kier molecular flexibility index (Phi) is 5.14. The third kappa shape index (κ3) is 3.96. The molecule has 0 aliphatic heterocycles. The molecule has 4 bridgehead atoms. The summed E-state index contributed by atoms with van der Waals surface area (Å²) in [7, 11) is 0. The van der Waals surface area contributed by atoms with Gasteiger partial charge in [0, 0.05) is 17.2 Å². The molecule has 4 saturated carbocycles. The first kappa shape index (κ1) is 18.9. The van der Waals surface area contributed by atoms with Gasteiger partial charge in [-0.25, -0.2) is 0 Å². The second kappa shape index (κ2) is 7.62. The zero-order valence-electron chi connectivity index (χ0n) is 15.7. The van der Waals surface area contributed by atoms with Crippen molar-refractivity contribution in [3.63, 3.8) is 0 Å². The molecule has 6 rings (SSSR count). The van der Waals surface area contributed by atoms with Crippen LogP contribution in [-0.4, -0.2) is 16.1 Å². The molecule has 148 valence electrons. The van der Waals surface area contributed by atoms with E-state index in [2.05, 4.69) is 15.5 Å². The molecule has 1 aromatic carbocycles. The average molecular weight is 434 g/mol. The molecule has 2 aromatic rings. The molecule has 0 atom stereocenters. The molecule has 1 N–H and O–H groups in total. The molecule has 7 heteroatoms. The lowest BCUT2D eigenvalue weighted by Gasteiger charge is -2.56. The van der Waals surface area contributed by atoms with Gasteiger partial charge in [0.15, 0.2) is 4.34 Å². The number of carbonyl (C=O) groups excluding carboxylic acids is 1. The fraction of sp³-hybridized carbons (Fsp3) is 0.571. The van der Waals surface area contributed by atoms with Crippen molar-refractivity contribution in [2.45, 2.75) is 55.0 Å². The summed E-state index contributed by atoms with van der Waals surface area (Å²) in [5, 5.41) is 12.8. The number of aromatic nitrogens is 2. The van der Waals surface area contributed by atoms with Crippen molar-refractivity contribution in [2.75, 3.05) is 5.32 Å². The highest BCUT2D eigenvalue weighted by atomic mass is 35.5. The summed E-state index contributed by atoms with van der Waals surface area (Å²) in [6.07, 6.45) is 8.62. The van der Waals surface area contributed by atoms with Crippen molar-refractivity contribution in [1.82, 2.24) is 10.2 Å². The van der Waals surface area contributed by atoms with Crippen LogP contribution in [0.5, 0.6) is 0 Å². The minimum Gasteiger partial charge on any atom is -0.300 e. The van der Waals surface area contributed by atoms with Crippen LogP contribution in [-0.2, 0) is 10.5 Å². The maximum absolute atomic E-state index is 12.7. The van der Waals surface area contributed by atoms with Crippen LogP contribution in [0.25, 0.3) is 0 Å². The minimum absolute atomic E-state index is 0.112. The van der Waals surface area contributed by atoms with Crippen molar-refractivity contribution in [3.8, 4) is 0 Å². The van der Waals surface area contributed by atoms with E-state index in [1.54, 1.807) is 11.8 Å². The van der Waals surface area contributed by atoms with Gasteiger partial charge in [0.2, 0.25) is 11.0 Å². The number of hydrogen-bond donors (Lipinski definition) is 1. The Hall–Kier alpha value is -1.11. The molecule has 4 aliphatic rings. The van der Waals surface area contributed by atoms with Crippen LogP contribution in [0.15, 0.2) is 28.6 Å². The van der Waals surface area contributed by atoms with E-state index in [9.17, 15) is 4.79 Å². The lowest BCUT2D eigenvalue weighted by molar-refractivity contribution is -0.124. The minimum atomic E-state index is 0.112. The molecule has 4 fully saturated rings. The second-order valence-electron chi connectivity index (χ2n) is 8.90. The predicted octanol–water partition coefficient (Wildman–Crippen LogP) is 6.03. The van der Waals surface area contributed by atoms with Gasteiger partial charge in [0.05, 0.1) is 0 Å². The van der Waals surface area contributed by atoms with Gasteiger partial charge in [0.1, 0.15) is 0 Å². The Balaban J connectivity index is 1.17. The number of benzene rings is 1. The Labute approximate surface area is 178 Å². The molecule has 0 radical (unpaired) electrons. The van der Waals surface area contributed by atoms with Gasteiger partial charge < -0.3 is 5.32 Å². The topological polar surface area (TPSA) is 54.9 Å². The molecular formula is C21H24ClN3OS2. The number of anilines is 1. The van der Waals surface area contributed by atoms with Crippen LogP contribution in [0.3, 0.4) is 0 Å². The molecule has 0 unspecified atom stereocenters. The van der Waals surface area contributed by atoms with E-state index in [-0.39, 0.29) is 11.3 Å². The number of nitrogens with one attached hydrogen (secondary N) is 1. The number of amides is 1. The van der Waals surface area contributed by atoms with Gasteiger partial charge >= 0.3 is 0 Å². The SMILES string of the molecule is O=C(CC12CC3CC(CC(C3)C1)C2)Nc1nnc(SCc2ccccc2Cl)s1. The highest BCUT2D eigenvalue weighted by Gasteiger charge is 2.51. The van der Waals surface area contributed by atoms with Crippen LogP contribution in [0, 0.1) is 23.2 Å². The summed E-state index contributed by atoms with van der Waals surface area (Å²) < 4.78 is 0.852. The number of carbonyl (C=O) groups is 1. The number of thioether (sulfide) groups is 1. The number of hydrogen-bond acceptors (Lipinski definition) is 5. The van der Waals surface area contributed by atoms with E-state index in [1.165, 1.54) is 49.9 Å². The zero-order chi connectivity index (χ0) is 19.1. The van der Waals surface area contributed by atoms with Crippen LogP contribution < -0.4 is 5.32 Å². The fourth-order valence-corrected chi connectivity index (χ4v) is 8.14. The average Bonchev–Trinajstić information content (AvgIpc) is 3.06. The molecule has 28 heavy (non-hydrogen) atoms. The fourth-order valence-electron chi connectivity index (χ4n) is 6.08. The van der Waals surface area contributed by atoms with Gasteiger partial charge in [-0.15, -0.1) is 10.2 Å². The smallest absolute Gasteiger partial charge is 0.226 e. The lowest BCUT2D eigenvalue weighted by Crippen LogP contribution is -2.47. The summed E-state index contributed by atoms with van der Waals surface area (Å²) in [5.41, 5.74) is 1.34. The summed E-state index contributed by atoms with van der Waals surface area (Å²) in [5.74, 6) is 3.46. The van der Waals surface area contributed by atoms with Crippen molar-refractivity contribution in [3.05, 3.63) is 34.9 Å². The standard InChI is InChI=1S/C21H24ClN3OS2/c22-17-4-2-1-3-16(17)12-27-20-25-24-19(28-20)23-18(26)11-21-8-13-5-14(9-21)7-15(6-13)10-21/h1-4,13-15H,5-12H2,(H,23,24,26). The number of nitrogens with zero attached hydrogens (tertiary/aromatic N) is 2. The first-order chi connectivity index (χ1) is 13.6. The van der Waals surface area contributed by atoms with Crippen molar-refractivity contribution >= 4 is 45.7 Å². The summed E-state index contributed by atoms with van der Waals surface area (Å²) in [6, 6.07) is 7.83. The van der Waals surface area contributed by atoms with Gasteiger partial charge in [-0.2, -0.15) is 0 Å². The van der Waals surface area contributed by atoms with E-state index in [1.807, 2.05) is 24.3 Å². The van der Waals surface area contributed by atoms with Gasteiger partial charge in [-0.3, -0.25) is 4.79 Å². The number of rotatable bonds is 6. The van der Waals surface area contributed by atoms with E-state index >= 15 is 0 Å². The first-order valence-corrected chi connectivity index (χ1v) is 12.2.